The monoisotopic (exact) mass is 240 g/mol. The van der Waals surface area contributed by atoms with Crippen LogP contribution >= 0.6 is 11.8 Å². The molecular weight excluding hydrogens is 224 g/mol. The lowest BCUT2D eigenvalue weighted by molar-refractivity contribution is -0.122. The van der Waals surface area contributed by atoms with Gasteiger partial charge < -0.3 is 5.32 Å². The molecule has 2 heterocycles. The van der Waals surface area contributed by atoms with Crippen molar-refractivity contribution in [3.8, 4) is 0 Å². The molecule has 1 unspecified atom stereocenters. The molecule has 0 saturated carbocycles. The first-order chi connectivity index (χ1) is 7.66. The van der Waals surface area contributed by atoms with Crippen LogP contribution in [-0.2, 0) is 18.4 Å². The van der Waals surface area contributed by atoms with E-state index < -0.39 is 0 Å². The molecule has 1 fully saturated rings. The van der Waals surface area contributed by atoms with Crippen molar-refractivity contribution < 1.29 is 4.79 Å². The van der Waals surface area contributed by atoms with Crippen LogP contribution in [0.25, 0.3) is 0 Å². The fraction of sp³-hybridized carbons (Fsp3) is 0.600. The van der Waals surface area contributed by atoms with E-state index in [2.05, 4.69) is 15.7 Å². The van der Waals surface area contributed by atoms with Gasteiger partial charge >= 0.3 is 0 Å². The van der Waals surface area contributed by atoms with Crippen LogP contribution in [0.3, 0.4) is 0 Å². The smallest absolute Gasteiger partial charge is 0.238 e. The number of amides is 1. The summed E-state index contributed by atoms with van der Waals surface area (Å²) in [5.74, 6) is 1.80. The number of nitrogens with zero attached hydrogens (tertiary/aromatic N) is 2. The molecule has 88 valence electrons. The molecule has 0 aliphatic carbocycles. The predicted molar refractivity (Wildman–Crippen MR) is 64.0 cm³/mol. The maximum atomic E-state index is 11.7. The number of hydrogen-bond acceptors (Lipinski definition) is 4. The van der Waals surface area contributed by atoms with E-state index in [1.165, 1.54) is 0 Å². The molecule has 0 radical (unpaired) electrons. The molecule has 1 amide bonds. The van der Waals surface area contributed by atoms with Gasteiger partial charge in [-0.05, 0) is 6.92 Å². The highest BCUT2D eigenvalue weighted by atomic mass is 32.2. The van der Waals surface area contributed by atoms with Gasteiger partial charge in [0, 0.05) is 37.0 Å². The van der Waals surface area contributed by atoms with Crippen LogP contribution in [-0.4, -0.2) is 33.4 Å². The molecule has 5 nitrogen and oxygen atoms in total. The Hall–Kier alpha value is -1.01. The third-order valence-electron chi connectivity index (χ3n) is 2.60. The fourth-order valence-electron chi connectivity index (χ4n) is 1.69. The molecule has 6 heteroatoms. The summed E-state index contributed by atoms with van der Waals surface area (Å²) in [5, 5.41) is 10.3. The lowest BCUT2D eigenvalue weighted by atomic mass is 10.2. The van der Waals surface area contributed by atoms with E-state index in [1.807, 2.05) is 20.2 Å². The van der Waals surface area contributed by atoms with Crippen LogP contribution in [0.4, 0.5) is 0 Å². The van der Waals surface area contributed by atoms with E-state index in [4.69, 9.17) is 0 Å². The average Bonchev–Trinajstić information content (AvgIpc) is 2.84. The van der Waals surface area contributed by atoms with Crippen molar-refractivity contribution in [3.63, 3.8) is 0 Å². The summed E-state index contributed by atoms with van der Waals surface area (Å²) in [4.78, 5) is 11.7. The summed E-state index contributed by atoms with van der Waals surface area (Å²) in [7, 11) is 1.88. The van der Waals surface area contributed by atoms with Gasteiger partial charge in [-0.15, -0.1) is 11.8 Å². The molecule has 16 heavy (non-hydrogen) atoms. The summed E-state index contributed by atoms with van der Waals surface area (Å²) in [6.45, 7) is 2.51. The number of carbonyl (C=O) groups excluding carboxylic acids is 1. The number of nitrogens with one attached hydrogen (secondary N) is 2. The summed E-state index contributed by atoms with van der Waals surface area (Å²) in [6, 6.07) is -0.0398. The molecule has 1 saturated heterocycles. The van der Waals surface area contributed by atoms with Gasteiger partial charge in [-0.2, -0.15) is 5.10 Å². The Morgan fingerprint density at radius 2 is 2.62 bits per heavy atom. The van der Waals surface area contributed by atoms with Gasteiger partial charge in [-0.1, -0.05) is 0 Å². The minimum Gasteiger partial charge on any atom is -0.351 e. The van der Waals surface area contributed by atoms with Crippen molar-refractivity contribution in [3.05, 3.63) is 17.5 Å². The first-order valence-electron chi connectivity index (χ1n) is 5.25. The molecule has 0 bridgehead atoms. The molecule has 1 aliphatic heterocycles. The van der Waals surface area contributed by atoms with Crippen molar-refractivity contribution in [1.29, 1.82) is 0 Å². The van der Waals surface area contributed by atoms with Crippen LogP contribution in [0, 0.1) is 6.92 Å². The lowest BCUT2D eigenvalue weighted by Crippen LogP contribution is -2.41. The lowest BCUT2D eigenvalue weighted by Gasteiger charge is -2.09. The van der Waals surface area contributed by atoms with E-state index >= 15 is 0 Å². The molecule has 1 aliphatic rings. The molecule has 0 spiro atoms. The second-order valence-corrected chi connectivity index (χ2v) is 4.93. The van der Waals surface area contributed by atoms with Crippen LogP contribution in [0.2, 0.25) is 0 Å². The quantitative estimate of drug-likeness (QED) is 0.781. The third kappa shape index (κ3) is 2.56. The van der Waals surface area contributed by atoms with E-state index in [0.29, 0.717) is 6.54 Å². The largest absolute Gasteiger partial charge is 0.351 e. The standard InChI is InChI=1S/C10H16N4OS/c1-7-8(4-14(2)13-7)3-11-10(15)9-5-16-6-12-9/h4,9,12H,3,5-6H2,1-2H3,(H,11,15). The zero-order chi connectivity index (χ0) is 11.5. The van der Waals surface area contributed by atoms with Crippen LogP contribution in [0.5, 0.6) is 0 Å². The van der Waals surface area contributed by atoms with Gasteiger partial charge in [0.1, 0.15) is 0 Å². The van der Waals surface area contributed by atoms with Gasteiger partial charge in [0.2, 0.25) is 5.91 Å². The highest BCUT2D eigenvalue weighted by Gasteiger charge is 2.22. The van der Waals surface area contributed by atoms with Crippen molar-refractivity contribution in [2.24, 2.45) is 7.05 Å². The molecule has 0 aromatic carbocycles. The Morgan fingerprint density at radius 3 is 3.19 bits per heavy atom. The van der Waals surface area contributed by atoms with E-state index in [-0.39, 0.29) is 11.9 Å². The van der Waals surface area contributed by atoms with Crippen molar-refractivity contribution in [2.45, 2.75) is 19.5 Å². The predicted octanol–water partition coefficient (Wildman–Crippen LogP) is 0.00722. The normalized spacial score (nSPS) is 20.0. The number of aromatic nitrogens is 2. The van der Waals surface area contributed by atoms with E-state index in [1.54, 1.807) is 16.4 Å². The van der Waals surface area contributed by atoms with Crippen molar-refractivity contribution in [2.75, 3.05) is 11.6 Å². The second-order valence-electron chi connectivity index (χ2n) is 3.90. The Labute approximate surface area is 99.0 Å². The maximum Gasteiger partial charge on any atom is 0.238 e. The summed E-state index contributed by atoms with van der Waals surface area (Å²) >= 11 is 1.75. The number of carbonyl (C=O) groups is 1. The van der Waals surface area contributed by atoms with Gasteiger partial charge in [0.15, 0.2) is 0 Å². The third-order valence-corrected chi connectivity index (χ3v) is 3.54. The number of aryl methyl sites for hydroxylation is 2. The first kappa shape index (κ1) is 11.5. The van der Waals surface area contributed by atoms with Crippen molar-refractivity contribution in [1.82, 2.24) is 20.4 Å². The first-order valence-corrected chi connectivity index (χ1v) is 6.40. The molecular formula is C10H16N4OS. The number of hydrogen-bond donors (Lipinski definition) is 2. The Morgan fingerprint density at radius 1 is 1.81 bits per heavy atom. The van der Waals surface area contributed by atoms with Crippen LogP contribution in [0.1, 0.15) is 11.3 Å². The van der Waals surface area contributed by atoms with Gasteiger partial charge in [0.25, 0.3) is 0 Å². The zero-order valence-electron chi connectivity index (χ0n) is 9.49. The van der Waals surface area contributed by atoms with Crippen LogP contribution in [0.15, 0.2) is 6.20 Å². The molecule has 1 aromatic heterocycles. The van der Waals surface area contributed by atoms with Crippen LogP contribution < -0.4 is 10.6 Å². The van der Waals surface area contributed by atoms with E-state index in [9.17, 15) is 4.79 Å². The molecule has 2 N–H and O–H groups in total. The SMILES string of the molecule is Cc1nn(C)cc1CNC(=O)C1CSCN1. The summed E-state index contributed by atoms with van der Waals surface area (Å²) in [6.07, 6.45) is 1.94. The molecule has 1 aromatic rings. The van der Waals surface area contributed by atoms with Crippen molar-refractivity contribution >= 4 is 17.7 Å². The average molecular weight is 240 g/mol. The van der Waals surface area contributed by atoms with E-state index in [0.717, 1.165) is 22.9 Å². The Bertz CT molecular complexity index is 384. The zero-order valence-corrected chi connectivity index (χ0v) is 10.3. The van der Waals surface area contributed by atoms with Gasteiger partial charge in [0.05, 0.1) is 11.7 Å². The summed E-state index contributed by atoms with van der Waals surface area (Å²) < 4.78 is 1.76. The van der Waals surface area contributed by atoms with Gasteiger partial charge in [-0.3, -0.25) is 14.8 Å². The number of rotatable bonds is 3. The Kier molecular flexibility index (Phi) is 3.50. The maximum absolute atomic E-state index is 11.7. The number of thioether (sulfide) groups is 1. The highest BCUT2D eigenvalue weighted by Crippen LogP contribution is 2.10. The van der Waals surface area contributed by atoms with Gasteiger partial charge in [-0.25, -0.2) is 0 Å². The minimum absolute atomic E-state index is 0.0398. The topological polar surface area (TPSA) is 59.0 Å². The summed E-state index contributed by atoms with van der Waals surface area (Å²) in [5.41, 5.74) is 2.04. The molecule has 1 atom stereocenters. The second kappa shape index (κ2) is 4.88. The fourth-order valence-corrected chi connectivity index (χ4v) is 2.63. The minimum atomic E-state index is -0.0398. The molecule has 2 rings (SSSR count). The highest BCUT2D eigenvalue weighted by molar-refractivity contribution is 7.99. The Balaban J connectivity index is 1.87.